The number of nitrogens with zero attached hydrogens (tertiary/aromatic N) is 3. The van der Waals surface area contributed by atoms with Crippen molar-refractivity contribution in [3.63, 3.8) is 0 Å². The predicted octanol–water partition coefficient (Wildman–Crippen LogP) is 3.76. The van der Waals surface area contributed by atoms with Gasteiger partial charge in [-0.3, -0.25) is 0 Å². The second kappa shape index (κ2) is 7.52. The van der Waals surface area contributed by atoms with Gasteiger partial charge in [0.2, 0.25) is 0 Å². The first-order chi connectivity index (χ1) is 14.6. The van der Waals surface area contributed by atoms with Gasteiger partial charge in [-0.25, -0.2) is 4.79 Å². The van der Waals surface area contributed by atoms with Crippen molar-refractivity contribution in [3.8, 4) is 0 Å². The van der Waals surface area contributed by atoms with Gasteiger partial charge >= 0.3 is 5.63 Å². The SMILES string of the molecule is CC1=CC2=CC(c3cc4ccc(N5CCN(C)CC5)cc4oc3=O)=C=CCN2C=C1. The lowest BCUT2D eigenvalue weighted by molar-refractivity contribution is 0.313. The zero-order valence-electron chi connectivity index (χ0n) is 17.4. The molecular formula is C25H25N3O2. The lowest BCUT2D eigenvalue weighted by Crippen LogP contribution is -2.44. The second-order valence-corrected chi connectivity index (χ2v) is 8.15. The fourth-order valence-electron chi connectivity index (χ4n) is 4.10. The van der Waals surface area contributed by atoms with E-state index in [-0.39, 0.29) is 5.63 Å². The van der Waals surface area contributed by atoms with Crippen molar-refractivity contribution in [1.82, 2.24) is 9.80 Å². The Bertz CT molecular complexity index is 1220. The Morgan fingerprint density at radius 2 is 1.90 bits per heavy atom. The summed E-state index contributed by atoms with van der Waals surface area (Å²) in [5, 5.41) is 0.923. The summed E-state index contributed by atoms with van der Waals surface area (Å²) in [7, 11) is 2.14. The molecule has 152 valence electrons. The smallest absolute Gasteiger partial charge is 0.344 e. The van der Waals surface area contributed by atoms with E-state index in [9.17, 15) is 4.79 Å². The highest BCUT2D eigenvalue weighted by atomic mass is 16.4. The van der Waals surface area contributed by atoms with E-state index in [2.05, 4.69) is 58.8 Å². The molecule has 1 aromatic heterocycles. The molecule has 0 saturated carbocycles. The number of fused-ring (bicyclic) bond motifs is 2. The van der Waals surface area contributed by atoms with Crippen LogP contribution in [0.3, 0.4) is 0 Å². The summed E-state index contributed by atoms with van der Waals surface area (Å²) in [4.78, 5) is 19.7. The summed E-state index contributed by atoms with van der Waals surface area (Å²) in [6, 6.07) is 8.07. The van der Waals surface area contributed by atoms with Gasteiger partial charge in [0.1, 0.15) is 5.58 Å². The highest BCUT2D eigenvalue weighted by molar-refractivity contribution is 5.85. The zero-order chi connectivity index (χ0) is 20.7. The fraction of sp³-hybridized carbons (Fsp3) is 0.280. The second-order valence-electron chi connectivity index (χ2n) is 8.15. The molecule has 0 amide bonds. The lowest BCUT2D eigenvalue weighted by atomic mass is 10.0. The molecule has 0 bridgehead atoms. The van der Waals surface area contributed by atoms with E-state index in [1.54, 1.807) is 0 Å². The van der Waals surface area contributed by atoms with Crippen molar-refractivity contribution in [3.05, 3.63) is 87.8 Å². The molecular weight excluding hydrogens is 374 g/mol. The van der Waals surface area contributed by atoms with Crippen molar-refractivity contribution in [2.75, 3.05) is 44.7 Å². The van der Waals surface area contributed by atoms with Crippen molar-refractivity contribution in [2.45, 2.75) is 6.92 Å². The van der Waals surface area contributed by atoms with Crippen LogP contribution in [0.5, 0.6) is 0 Å². The Kier molecular flexibility index (Phi) is 4.70. The van der Waals surface area contributed by atoms with Crippen molar-refractivity contribution >= 4 is 22.2 Å². The van der Waals surface area contributed by atoms with Gasteiger partial charge in [0, 0.05) is 67.3 Å². The maximum Gasteiger partial charge on any atom is 0.344 e. The van der Waals surface area contributed by atoms with E-state index in [0.29, 0.717) is 11.1 Å². The van der Waals surface area contributed by atoms with Crippen LogP contribution in [0.1, 0.15) is 12.5 Å². The summed E-state index contributed by atoms with van der Waals surface area (Å²) in [6.07, 6.45) is 10.2. The van der Waals surface area contributed by atoms with E-state index in [1.807, 2.05) is 30.4 Å². The number of hydrogen-bond acceptors (Lipinski definition) is 5. The highest BCUT2D eigenvalue weighted by Crippen LogP contribution is 2.27. The fourth-order valence-corrected chi connectivity index (χ4v) is 4.10. The minimum absolute atomic E-state index is 0.328. The molecule has 1 saturated heterocycles. The normalized spacial score (nSPS) is 19.3. The summed E-state index contributed by atoms with van der Waals surface area (Å²) < 4.78 is 5.76. The standard InChI is InChI=1S/C25H25N3O2/c1-18-7-9-27-8-3-4-19(15-22(27)14-18)23-16-20-5-6-21(17-24(20)30-25(23)29)28-12-10-26(2)11-13-28/h3,5-7,9,14-17H,8,10-13H2,1-2H3. The quantitative estimate of drug-likeness (QED) is 0.568. The van der Waals surface area contributed by atoms with E-state index in [0.717, 1.165) is 55.1 Å². The molecule has 5 rings (SSSR count). The van der Waals surface area contributed by atoms with Gasteiger partial charge in [-0.15, -0.1) is 5.73 Å². The molecule has 0 atom stereocenters. The van der Waals surface area contributed by atoms with Crippen LogP contribution < -0.4 is 10.5 Å². The maximum absolute atomic E-state index is 12.9. The van der Waals surface area contributed by atoms with Gasteiger partial charge in [0.25, 0.3) is 0 Å². The summed E-state index contributed by atoms with van der Waals surface area (Å²) in [5.74, 6) is 0. The molecule has 0 unspecified atom stereocenters. The maximum atomic E-state index is 12.9. The van der Waals surface area contributed by atoms with Crippen molar-refractivity contribution in [2.24, 2.45) is 0 Å². The molecule has 30 heavy (non-hydrogen) atoms. The Labute approximate surface area is 176 Å². The van der Waals surface area contributed by atoms with Gasteiger partial charge in [-0.1, -0.05) is 0 Å². The largest absolute Gasteiger partial charge is 0.422 e. The molecule has 0 radical (unpaired) electrons. The van der Waals surface area contributed by atoms with Crippen LogP contribution in [0.4, 0.5) is 5.69 Å². The molecule has 4 heterocycles. The zero-order valence-corrected chi connectivity index (χ0v) is 17.4. The number of likely N-dealkylation sites (N-methyl/N-ethyl adjacent to an activating group) is 1. The van der Waals surface area contributed by atoms with Crippen LogP contribution in [0.15, 0.2) is 81.0 Å². The minimum Gasteiger partial charge on any atom is -0.422 e. The molecule has 5 heteroatoms. The molecule has 0 aliphatic carbocycles. The number of piperazine rings is 1. The highest BCUT2D eigenvalue weighted by Gasteiger charge is 2.17. The first kappa shape index (κ1) is 18.7. The number of benzene rings is 1. The van der Waals surface area contributed by atoms with E-state index in [1.165, 1.54) is 5.57 Å². The van der Waals surface area contributed by atoms with Crippen molar-refractivity contribution < 1.29 is 4.42 Å². The predicted molar refractivity (Wildman–Crippen MR) is 121 cm³/mol. The molecule has 1 fully saturated rings. The summed E-state index contributed by atoms with van der Waals surface area (Å²) in [5.41, 5.74) is 8.22. The van der Waals surface area contributed by atoms with Crippen LogP contribution in [0, 0.1) is 0 Å². The molecule has 0 N–H and O–H groups in total. The van der Waals surface area contributed by atoms with Crippen LogP contribution in [-0.4, -0.2) is 49.6 Å². The Hall–Kier alpha value is -3.27. The molecule has 1 aromatic carbocycles. The lowest BCUT2D eigenvalue weighted by Gasteiger charge is -2.34. The third kappa shape index (κ3) is 3.54. The Morgan fingerprint density at radius 3 is 2.73 bits per heavy atom. The van der Waals surface area contributed by atoms with E-state index in [4.69, 9.17) is 4.42 Å². The number of allylic oxidation sites excluding steroid dienone is 4. The average molecular weight is 399 g/mol. The Balaban J connectivity index is 1.52. The van der Waals surface area contributed by atoms with E-state index >= 15 is 0 Å². The first-order valence-corrected chi connectivity index (χ1v) is 10.4. The molecule has 2 aromatic rings. The van der Waals surface area contributed by atoms with Gasteiger partial charge in [-0.05, 0) is 62.0 Å². The van der Waals surface area contributed by atoms with Crippen LogP contribution in [0.2, 0.25) is 0 Å². The number of anilines is 1. The first-order valence-electron chi connectivity index (χ1n) is 10.4. The average Bonchev–Trinajstić information content (AvgIpc) is 2.95. The third-order valence-electron chi connectivity index (χ3n) is 5.94. The number of rotatable bonds is 2. The molecule has 0 spiro atoms. The molecule has 5 nitrogen and oxygen atoms in total. The third-order valence-corrected chi connectivity index (χ3v) is 5.94. The molecule has 3 aliphatic rings. The monoisotopic (exact) mass is 399 g/mol. The molecule has 3 aliphatic heterocycles. The summed E-state index contributed by atoms with van der Waals surface area (Å²) in [6.45, 7) is 6.83. The van der Waals surface area contributed by atoms with Gasteiger partial charge in [0.15, 0.2) is 0 Å². The number of hydrogen-bond donors (Lipinski definition) is 0. The minimum atomic E-state index is -0.328. The van der Waals surface area contributed by atoms with Crippen LogP contribution in [-0.2, 0) is 0 Å². The van der Waals surface area contributed by atoms with Gasteiger partial charge in [0.05, 0.1) is 5.56 Å². The van der Waals surface area contributed by atoms with Gasteiger partial charge < -0.3 is 19.1 Å². The van der Waals surface area contributed by atoms with Gasteiger partial charge in [-0.2, -0.15) is 0 Å². The van der Waals surface area contributed by atoms with Crippen molar-refractivity contribution in [1.29, 1.82) is 0 Å². The van der Waals surface area contributed by atoms with E-state index < -0.39 is 0 Å². The topological polar surface area (TPSA) is 39.9 Å². The van der Waals surface area contributed by atoms with Crippen LogP contribution in [0.25, 0.3) is 16.5 Å². The summed E-state index contributed by atoms with van der Waals surface area (Å²) >= 11 is 0. The van der Waals surface area contributed by atoms with Crippen LogP contribution >= 0.6 is 0 Å². The Morgan fingerprint density at radius 1 is 1.07 bits per heavy atom.